The molecule has 0 aliphatic heterocycles. The van der Waals surface area contributed by atoms with Crippen molar-refractivity contribution in [1.29, 1.82) is 0 Å². The van der Waals surface area contributed by atoms with Crippen molar-refractivity contribution < 1.29 is 0 Å². The van der Waals surface area contributed by atoms with Crippen LogP contribution in [0, 0.1) is 20.8 Å². The van der Waals surface area contributed by atoms with E-state index in [2.05, 4.69) is 33.2 Å². The fourth-order valence-corrected chi connectivity index (χ4v) is 10.8. The first kappa shape index (κ1) is 47.4. The second-order valence-electron chi connectivity index (χ2n) is 19.3. The lowest BCUT2D eigenvalue weighted by molar-refractivity contribution is 0.671. The summed E-state index contributed by atoms with van der Waals surface area (Å²) in [5.74, 6) is 0.546. The molecule has 16 heteroatoms. The molecule has 0 fully saturated rings. The second kappa shape index (κ2) is 19.0. The molecule has 0 saturated carbocycles. The van der Waals surface area contributed by atoms with Gasteiger partial charge in [0, 0.05) is 35.6 Å². The first-order valence-corrected chi connectivity index (χ1v) is 25.0. The Bertz CT molecular complexity index is 4430. The summed E-state index contributed by atoms with van der Waals surface area (Å²) in [6.07, 6.45) is 3.28. The van der Waals surface area contributed by atoms with Gasteiger partial charge in [-0.15, -0.1) is 0 Å². The summed E-state index contributed by atoms with van der Waals surface area (Å²) < 4.78 is 7.15. The lowest BCUT2D eigenvalue weighted by atomic mass is 9.95. The third kappa shape index (κ3) is 8.03. The van der Waals surface area contributed by atoms with Crippen molar-refractivity contribution >= 4 is 55.2 Å². The molecule has 0 unspecified atom stereocenters. The first-order chi connectivity index (χ1) is 37.0. The molecule has 0 saturated heterocycles. The number of fused-ring (bicyclic) bond motifs is 4. The van der Waals surface area contributed by atoms with Crippen LogP contribution in [0.25, 0.3) is 77.5 Å². The molecule has 6 aromatic carbocycles. The van der Waals surface area contributed by atoms with Crippen molar-refractivity contribution in [3.63, 3.8) is 0 Å². The summed E-state index contributed by atoms with van der Waals surface area (Å²) in [7, 11) is 0. The molecule has 16 nitrogen and oxygen atoms in total. The topological polar surface area (TPSA) is 235 Å². The molecule has 0 atom stereocenters. The number of anilines is 2. The Morgan fingerprint density at radius 1 is 0.474 bits per heavy atom. The molecule has 0 spiro atoms. The minimum atomic E-state index is -0.166. The quantitative estimate of drug-likeness (QED) is 0.0901. The molecule has 12 rings (SSSR count). The van der Waals surface area contributed by atoms with Crippen molar-refractivity contribution in [3.8, 4) is 33.9 Å². The van der Waals surface area contributed by atoms with E-state index in [1.807, 2.05) is 142 Å². The number of nitrogens with zero attached hydrogens (tertiary/aromatic N) is 10. The van der Waals surface area contributed by atoms with Crippen molar-refractivity contribution in [2.45, 2.75) is 53.4 Å². The van der Waals surface area contributed by atoms with Crippen molar-refractivity contribution in [2.24, 2.45) is 11.5 Å². The van der Waals surface area contributed by atoms with E-state index in [1.165, 1.54) is 12.7 Å². The molecule has 374 valence electrons. The minimum absolute atomic E-state index is 0.120. The van der Waals surface area contributed by atoms with Crippen LogP contribution in [0.5, 0.6) is 0 Å². The van der Waals surface area contributed by atoms with Crippen molar-refractivity contribution in [3.05, 3.63) is 223 Å². The normalized spacial score (nSPS) is 11.7. The molecule has 8 N–H and O–H groups in total. The van der Waals surface area contributed by atoms with E-state index in [1.54, 1.807) is 18.5 Å². The monoisotopic (exact) mass is 1000 g/mol. The van der Waals surface area contributed by atoms with E-state index >= 15 is 4.79 Å². The predicted molar refractivity (Wildman–Crippen MR) is 300 cm³/mol. The van der Waals surface area contributed by atoms with Gasteiger partial charge in [0.25, 0.3) is 11.1 Å². The summed E-state index contributed by atoms with van der Waals surface area (Å²) in [6, 6.07) is 45.6. The van der Waals surface area contributed by atoms with E-state index in [4.69, 9.17) is 38.1 Å². The van der Waals surface area contributed by atoms with E-state index in [0.717, 1.165) is 66.5 Å². The first-order valence-electron chi connectivity index (χ1n) is 25.0. The number of rotatable bonds is 12. The Hall–Kier alpha value is -9.64. The lowest BCUT2D eigenvalue weighted by Crippen LogP contribution is -2.25. The summed E-state index contributed by atoms with van der Waals surface area (Å²) in [6.45, 7) is 6.83. The molecular weight excluding hydrogens is 949 g/mol. The molecule has 6 aromatic heterocycles. The van der Waals surface area contributed by atoms with Crippen LogP contribution in [0.3, 0.4) is 0 Å². The van der Waals surface area contributed by atoms with Crippen LogP contribution in [0.2, 0.25) is 0 Å². The highest BCUT2D eigenvalue weighted by Gasteiger charge is 2.25. The Morgan fingerprint density at radius 3 is 1.64 bits per heavy atom. The Morgan fingerprint density at radius 2 is 1.03 bits per heavy atom. The van der Waals surface area contributed by atoms with Gasteiger partial charge in [0.05, 0.1) is 46.0 Å². The highest BCUT2D eigenvalue weighted by Crippen LogP contribution is 2.36. The fourth-order valence-electron chi connectivity index (χ4n) is 10.8. The third-order valence-electron chi connectivity index (χ3n) is 14.5. The number of para-hydroxylation sites is 2. The van der Waals surface area contributed by atoms with Gasteiger partial charge < -0.3 is 22.9 Å². The molecule has 6 heterocycles. The zero-order valence-corrected chi connectivity index (χ0v) is 42.1. The average Bonchev–Trinajstić information content (AvgIpc) is 4.03. The average molecular weight is 1000 g/mol. The standard InChI is InChI=1S/C60H52N14O2/c1-34-11-4-6-19-47(34)73-44(26-40-16-8-12-35(2)49(40)59(73)75)30-72-58-52(56(64)66-33-68-58)54(70-72)46-25-37(21-22-43(46)29-62)23-39-15-5-7-20-48(39)74-45(27-41-17-9-13-36(3)50(41)60(74)76)31-71-57-51(55(63)65-32-67-57)53(69-71)42-18-10-14-38(24-42)28-61/h4-22,24-27,32-33H,23,28-31,61-62H2,1-3H3,(H2,63,65,67)(H2,64,66,68). The summed E-state index contributed by atoms with van der Waals surface area (Å²) >= 11 is 0. The minimum Gasteiger partial charge on any atom is -0.383 e. The fraction of sp³-hybridized carbons (Fsp3) is 0.133. The molecular formula is C60H52N14O2. The van der Waals surface area contributed by atoms with Crippen LogP contribution in [0.15, 0.2) is 162 Å². The van der Waals surface area contributed by atoms with Gasteiger partial charge in [0.1, 0.15) is 35.7 Å². The van der Waals surface area contributed by atoms with Crippen LogP contribution in [-0.2, 0) is 32.6 Å². The van der Waals surface area contributed by atoms with E-state index in [9.17, 15) is 4.79 Å². The van der Waals surface area contributed by atoms with Gasteiger partial charge in [-0.3, -0.25) is 18.7 Å². The third-order valence-corrected chi connectivity index (χ3v) is 14.5. The van der Waals surface area contributed by atoms with Gasteiger partial charge >= 0.3 is 0 Å². The number of benzene rings is 6. The molecule has 0 amide bonds. The maximum Gasteiger partial charge on any atom is 0.263 e. The van der Waals surface area contributed by atoms with Crippen molar-refractivity contribution in [1.82, 2.24) is 48.6 Å². The van der Waals surface area contributed by atoms with Crippen LogP contribution in [0.4, 0.5) is 11.6 Å². The SMILES string of the molecule is Cc1ccccc1-n1c(Cn2nc(-c3cc(Cc4ccccc4-n4c(Cn5nc(-c6cccc(CN)c6)c6c(N)ncnc65)cc5cccc(C)c5c4=O)ccc3CN)c3c(N)ncnc32)cc2cccc(C)c2c1=O. The number of aryl methyl sites for hydroxylation is 3. The van der Waals surface area contributed by atoms with Crippen LogP contribution < -0.4 is 34.1 Å². The zero-order valence-electron chi connectivity index (χ0n) is 42.1. The van der Waals surface area contributed by atoms with Gasteiger partial charge in [0.2, 0.25) is 0 Å². The smallest absolute Gasteiger partial charge is 0.263 e. The predicted octanol–water partition coefficient (Wildman–Crippen LogP) is 8.60. The number of hydrogen-bond donors (Lipinski definition) is 4. The van der Waals surface area contributed by atoms with Gasteiger partial charge in [-0.2, -0.15) is 10.2 Å². The number of nitrogens with two attached hydrogens (primary N) is 4. The van der Waals surface area contributed by atoms with Crippen molar-refractivity contribution in [2.75, 3.05) is 11.5 Å². The molecule has 0 radical (unpaired) electrons. The van der Waals surface area contributed by atoms with E-state index in [-0.39, 0.29) is 36.6 Å². The Labute approximate surface area is 435 Å². The summed E-state index contributed by atoms with van der Waals surface area (Å²) in [5.41, 5.74) is 38.6. The van der Waals surface area contributed by atoms with Crippen LogP contribution in [-0.4, -0.2) is 48.6 Å². The highest BCUT2D eigenvalue weighted by atomic mass is 16.1. The molecule has 12 aromatic rings. The Balaban J connectivity index is 0.978. The van der Waals surface area contributed by atoms with Gasteiger partial charge in [-0.1, -0.05) is 103 Å². The second-order valence-corrected chi connectivity index (χ2v) is 19.3. The molecule has 0 aliphatic carbocycles. The molecule has 0 aliphatic rings. The summed E-state index contributed by atoms with van der Waals surface area (Å²) in [4.78, 5) is 48.0. The number of aromatic nitrogens is 10. The van der Waals surface area contributed by atoms with Gasteiger partial charge in [-0.25, -0.2) is 29.3 Å². The maximum atomic E-state index is 15.2. The number of nitrogen functional groups attached to an aromatic ring is 2. The van der Waals surface area contributed by atoms with E-state index in [0.29, 0.717) is 80.1 Å². The molecule has 76 heavy (non-hydrogen) atoms. The van der Waals surface area contributed by atoms with Gasteiger partial charge in [0.15, 0.2) is 11.3 Å². The largest absolute Gasteiger partial charge is 0.383 e. The molecule has 0 bridgehead atoms. The summed E-state index contributed by atoms with van der Waals surface area (Å²) in [5, 5.41) is 14.5. The van der Waals surface area contributed by atoms with Crippen LogP contribution in [0.1, 0.15) is 50.3 Å². The van der Waals surface area contributed by atoms with E-state index < -0.39 is 0 Å². The highest BCUT2D eigenvalue weighted by molar-refractivity contribution is 6.00. The number of pyridine rings is 2. The number of hydrogen-bond acceptors (Lipinski definition) is 12. The lowest BCUT2D eigenvalue weighted by Gasteiger charge is -2.19. The zero-order chi connectivity index (χ0) is 52.4. The Kier molecular flexibility index (Phi) is 11.8. The maximum absolute atomic E-state index is 15.2. The van der Waals surface area contributed by atoms with Crippen LogP contribution >= 0.6 is 0 Å². The van der Waals surface area contributed by atoms with Gasteiger partial charge in [-0.05, 0) is 113 Å².